The second kappa shape index (κ2) is 6.91. The van der Waals surface area contributed by atoms with Crippen LogP contribution in [0.15, 0.2) is 22.7 Å². The van der Waals surface area contributed by atoms with E-state index >= 15 is 0 Å². The van der Waals surface area contributed by atoms with Crippen LogP contribution in [-0.2, 0) is 0 Å². The van der Waals surface area contributed by atoms with Crippen molar-refractivity contribution in [2.24, 2.45) is 0 Å². The molecule has 0 aromatic heterocycles. The van der Waals surface area contributed by atoms with Gasteiger partial charge in [-0.25, -0.2) is 4.79 Å². The maximum Gasteiger partial charge on any atom is 0.337 e. The molecule has 0 aliphatic carbocycles. The second-order valence-electron chi connectivity index (χ2n) is 4.86. The van der Waals surface area contributed by atoms with Gasteiger partial charge in [-0.2, -0.15) is 0 Å². The van der Waals surface area contributed by atoms with E-state index in [4.69, 9.17) is 0 Å². The summed E-state index contributed by atoms with van der Waals surface area (Å²) in [4.78, 5) is 15.6. The zero-order valence-corrected chi connectivity index (χ0v) is 13.4. The molecule has 1 atom stereocenters. The van der Waals surface area contributed by atoms with E-state index in [9.17, 15) is 9.90 Å². The van der Waals surface area contributed by atoms with E-state index in [1.54, 1.807) is 12.1 Å². The van der Waals surface area contributed by atoms with Gasteiger partial charge in [-0.05, 0) is 46.1 Å². The van der Waals surface area contributed by atoms with Crippen molar-refractivity contribution >= 4 is 27.6 Å². The van der Waals surface area contributed by atoms with E-state index in [1.807, 2.05) is 27.1 Å². The quantitative estimate of drug-likeness (QED) is 0.872. The Morgan fingerprint density at radius 1 is 1.42 bits per heavy atom. The van der Waals surface area contributed by atoms with Crippen molar-refractivity contribution in [2.75, 3.05) is 32.1 Å². The predicted octanol–water partition coefficient (Wildman–Crippen LogP) is 2.92. The van der Waals surface area contributed by atoms with Crippen LogP contribution in [0.5, 0.6) is 0 Å². The van der Waals surface area contributed by atoms with Crippen molar-refractivity contribution in [1.82, 2.24) is 4.90 Å². The number of anilines is 1. The molecular weight excluding hydrogens is 308 g/mol. The standard InChI is InChI=1S/C14H21BrN2O2/c1-5-17(10(2)9-16(3)4)13-8-11(15)6-7-12(13)14(18)19/h6-8,10H,5,9H2,1-4H3,(H,18,19). The number of halogens is 1. The summed E-state index contributed by atoms with van der Waals surface area (Å²) in [5.41, 5.74) is 1.11. The van der Waals surface area contributed by atoms with Crippen LogP contribution < -0.4 is 4.90 Å². The molecule has 0 fully saturated rings. The van der Waals surface area contributed by atoms with E-state index in [1.165, 1.54) is 0 Å². The molecule has 1 N–H and O–H groups in total. The van der Waals surface area contributed by atoms with Crippen molar-refractivity contribution in [2.45, 2.75) is 19.9 Å². The molecular formula is C14H21BrN2O2. The highest BCUT2D eigenvalue weighted by atomic mass is 79.9. The lowest BCUT2D eigenvalue weighted by atomic mass is 10.1. The first-order valence-electron chi connectivity index (χ1n) is 6.31. The fourth-order valence-corrected chi connectivity index (χ4v) is 2.62. The summed E-state index contributed by atoms with van der Waals surface area (Å²) >= 11 is 3.41. The molecule has 1 aromatic carbocycles. The maximum atomic E-state index is 11.3. The fraction of sp³-hybridized carbons (Fsp3) is 0.500. The number of carbonyl (C=O) groups is 1. The second-order valence-corrected chi connectivity index (χ2v) is 5.78. The number of hydrogen-bond donors (Lipinski definition) is 1. The van der Waals surface area contributed by atoms with Gasteiger partial charge in [0.15, 0.2) is 0 Å². The Morgan fingerprint density at radius 3 is 2.53 bits per heavy atom. The topological polar surface area (TPSA) is 43.8 Å². The molecule has 0 amide bonds. The number of carboxylic acid groups (broad SMARTS) is 1. The molecule has 0 spiro atoms. The molecule has 0 bridgehead atoms. The fourth-order valence-electron chi connectivity index (χ4n) is 2.27. The Labute approximate surface area is 123 Å². The number of benzene rings is 1. The minimum absolute atomic E-state index is 0.243. The third-order valence-corrected chi connectivity index (χ3v) is 3.49. The van der Waals surface area contributed by atoms with Crippen molar-refractivity contribution in [3.05, 3.63) is 28.2 Å². The minimum Gasteiger partial charge on any atom is -0.478 e. The summed E-state index contributed by atoms with van der Waals surface area (Å²) in [5.74, 6) is -0.891. The number of nitrogens with zero attached hydrogens (tertiary/aromatic N) is 2. The lowest BCUT2D eigenvalue weighted by Gasteiger charge is -2.33. The third kappa shape index (κ3) is 4.21. The van der Waals surface area contributed by atoms with Gasteiger partial charge in [-0.1, -0.05) is 15.9 Å². The lowest BCUT2D eigenvalue weighted by molar-refractivity contribution is 0.0697. The van der Waals surface area contributed by atoms with Crippen LogP contribution in [0.2, 0.25) is 0 Å². The first kappa shape index (κ1) is 16.0. The number of hydrogen-bond acceptors (Lipinski definition) is 3. The number of likely N-dealkylation sites (N-methyl/N-ethyl adjacent to an activating group) is 2. The number of carboxylic acids is 1. The molecule has 4 nitrogen and oxygen atoms in total. The Kier molecular flexibility index (Phi) is 5.82. The molecule has 0 heterocycles. The summed E-state index contributed by atoms with van der Waals surface area (Å²) in [6.07, 6.45) is 0. The molecule has 0 saturated heterocycles. The number of aromatic carboxylic acids is 1. The maximum absolute atomic E-state index is 11.3. The summed E-state index contributed by atoms with van der Waals surface area (Å²) in [7, 11) is 4.03. The van der Waals surface area contributed by atoms with Crippen LogP contribution in [-0.4, -0.2) is 49.2 Å². The van der Waals surface area contributed by atoms with Crippen LogP contribution in [0.25, 0.3) is 0 Å². The van der Waals surface area contributed by atoms with Gasteiger partial charge >= 0.3 is 5.97 Å². The molecule has 0 aliphatic heterocycles. The van der Waals surface area contributed by atoms with Crippen LogP contribution in [0, 0.1) is 0 Å². The summed E-state index contributed by atoms with van der Waals surface area (Å²) in [6.45, 7) is 5.79. The van der Waals surface area contributed by atoms with E-state index < -0.39 is 5.97 Å². The molecule has 1 aromatic rings. The van der Waals surface area contributed by atoms with E-state index in [0.29, 0.717) is 5.56 Å². The molecule has 19 heavy (non-hydrogen) atoms. The van der Waals surface area contributed by atoms with Gasteiger partial charge in [0, 0.05) is 23.6 Å². The highest BCUT2D eigenvalue weighted by molar-refractivity contribution is 9.10. The molecule has 5 heteroatoms. The van der Waals surface area contributed by atoms with E-state index in [-0.39, 0.29) is 6.04 Å². The molecule has 106 valence electrons. The molecule has 1 rings (SSSR count). The Balaban J connectivity index is 3.16. The van der Waals surface area contributed by atoms with Gasteiger partial charge in [-0.3, -0.25) is 0 Å². The Bertz CT molecular complexity index is 449. The Morgan fingerprint density at radius 2 is 2.05 bits per heavy atom. The van der Waals surface area contributed by atoms with E-state index in [0.717, 1.165) is 23.2 Å². The monoisotopic (exact) mass is 328 g/mol. The van der Waals surface area contributed by atoms with Gasteiger partial charge in [0.25, 0.3) is 0 Å². The summed E-state index contributed by atoms with van der Waals surface area (Å²) < 4.78 is 0.892. The van der Waals surface area contributed by atoms with E-state index in [2.05, 4.69) is 32.7 Å². The lowest BCUT2D eigenvalue weighted by Crippen LogP contribution is -2.40. The summed E-state index contributed by atoms with van der Waals surface area (Å²) in [6, 6.07) is 5.52. The van der Waals surface area contributed by atoms with Gasteiger partial charge in [0.2, 0.25) is 0 Å². The molecule has 0 saturated carbocycles. The largest absolute Gasteiger partial charge is 0.478 e. The van der Waals surface area contributed by atoms with Gasteiger partial charge < -0.3 is 14.9 Å². The molecule has 1 unspecified atom stereocenters. The van der Waals surface area contributed by atoms with Crippen molar-refractivity contribution < 1.29 is 9.90 Å². The first-order chi connectivity index (χ1) is 8.86. The van der Waals surface area contributed by atoms with Crippen molar-refractivity contribution in [3.63, 3.8) is 0 Å². The number of rotatable bonds is 6. The van der Waals surface area contributed by atoms with Gasteiger partial charge in [-0.15, -0.1) is 0 Å². The predicted molar refractivity (Wildman–Crippen MR) is 82.1 cm³/mol. The zero-order valence-electron chi connectivity index (χ0n) is 11.9. The zero-order chi connectivity index (χ0) is 14.6. The molecule has 0 radical (unpaired) electrons. The average Bonchev–Trinajstić information content (AvgIpc) is 2.28. The van der Waals surface area contributed by atoms with Crippen LogP contribution in [0.3, 0.4) is 0 Å². The van der Waals surface area contributed by atoms with Gasteiger partial charge in [0.05, 0.1) is 11.3 Å². The van der Waals surface area contributed by atoms with Crippen LogP contribution in [0.1, 0.15) is 24.2 Å². The Hall–Kier alpha value is -1.07. The van der Waals surface area contributed by atoms with Crippen molar-refractivity contribution in [3.8, 4) is 0 Å². The highest BCUT2D eigenvalue weighted by Crippen LogP contribution is 2.27. The first-order valence-corrected chi connectivity index (χ1v) is 7.10. The molecule has 0 aliphatic rings. The third-order valence-electron chi connectivity index (χ3n) is 3.00. The highest BCUT2D eigenvalue weighted by Gasteiger charge is 2.20. The minimum atomic E-state index is -0.891. The van der Waals surface area contributed by atoms with Gasteiger partial charge in [0.1, 0.15) is 0 Å². The smallest absolute Gasteiger partial charge is 0.337 e. The average molecular weight is 329 g/mol. The summed E-state index contributed by atoms with van der Waals surface area (Å²) in [5, 5.41) is 9.31. The normalized spacial score (nSPS) is 12.5. The van der Waals surface area contributed by atoms with Crippen LogP contribution >= 0.6 is 15.9 Å². The van der Waals surface area contributed by atoms with Crippen LogP contribution in [0.4, 0.5) is 5.69 Å². The SMILES string of the molecule is CCN(c1cc(Br)ccc1C(=O)O)C(C)CN(C)C. The van der Waals surface area contributed by atoms with Crippen molar-refractivity contribution in [1.29, 1.82) is 0 Å².